The van der Waals surface area contributed by atoms with Crippen LogP contribution in [0.15, 0.2) is 42.7 Å². The molecule has 1 amide bonds. The van der Waals surface area contributed by atoms with Crippen LogP contribution in [0.5, 0.6) is 0 Å². The maximum Gasteiger partial charge on any atom is 0.228 e. The molecule has 37 heavy (non-hydrogen) atoms. The average Bonchev–Trinajstić information content (AvgIpc) is 3.57. The second-order valence-corrected chi connectivity index (χ2v) is 9.90. The predicted octanol–water partition coefficient (Wildman–Crippen LogP) is 4.08. The summed E-state index contributed by atoms with van der Waals surface area (Å²) >= 11 is 0. The van der Waals surface area contributed by atoms with Gasteiger partial charge in [-0.2, -0.15) is 0 Å². The van der Waals surface area contributed by atoms with E-state index >= 15 is 0 Å². The minimum Gasteiger partial charge on any atom is -0.378 e. The van der Waals surface area contributed by atoms with Crippen LogP contribution < -0.4 is 15.1 Å². The summed E-state index contributed by atoms with van der Waals surface area (Å²) in [5.41, 5.74) is 3.35. The van der Waals surface area contributed by atoms with E-state index in [2.05, 4.69) is 49.4 Å². The van der Waals surface area contributed by atoms with Crippen LogP contribution in [0.3, 0.4) is 0 Å². The van der Waals surface area contributed by atoms with Gasteiger partial charge in [0.05, 0.1) is 36.3 Å². The number of morpholine rings is 1. The van der Waals surface area contributed by atoms with E-state index in [1.165, 1.54) is 0 Å². The lowest BCUT2D eigenvalue weighted by atomic mass is 9.86. The van der Waals surface area contributed by atoms with Crippen molar-refractivity contribution >= 4 is 40.0 Å². The Hall–Kier alpha value is -3.46. The van der Waals surface area contributed by atoms with Gasteiger partial charge in [0.1, 0.15) is 5.82 Å². The van der Waals surface area contributed by atoms with Crippen molar-refractivity contribution in [3.8, 4) is 0 Å². The molecule has 9 heteroatoms. The Morgan fingerprint density at radius 2 is 1.76 bits per heavy atom. The quantitative estimate of drug-likeness (QED) is 0.570. The van der Waals surface area contributed by atoms with Crippen LogP contribution in [0.1, 0.15) is 33.6 Å². The van der Waals surface area contributed by atoms with Gasteiger partial charge in [-0.3, -0.25) is 4.79 Å². The highest BCUT2D eigenvalue weighted by Crippen LogP contribution is 2.42. The Morgan fingerprint density at radius 1 is 0.946 bits per heavy atom. The summed E-state index contributed by atoms with van der Waals surface area (Å²) in [6, 6.07) is 10.3. The number of likely N-dealkylation sites (tertiary alicyclic amines) is 1. The fraction of sp³-hybridized carbons (Fsp3) is 0.500. The second-order valence-electron chi connectivity index (χ2n) is 9.90. The molecule has 1 spiro atoms. The highest BCUT2D eigenvalue weighted by molar-refractivity contribution is 5.91. The third-order valence-corrected chi connectivity index (χ3v) is 7.62. The molecule has 0 radical (unpaired) electrons. The van der Waals surface area contributed by atoms with Crippen molar-refractivity contribution in [2.24, 2.45) is 5.41 Å². The van der Waals surface area contributed by atoms with Crippen LogP contribution in [-0.2, 0) is 9.53 Å². The van der Waals surface area contributed by atoms with Crippen molar-refractivity contribution in [3.63, 3.8) is 0 Å². The number of aromatic nitrogens is 3. The first kappa shape index (κ1) is 25.2. The van der Waals surface area contributed by atoms with Crippen LogP contribution in [0.2, 0.25) is 0 Å². The number of pyridine rings is 1. The summed E-state index contributed by atoms with van der Waals surface area (Å²) in [7, 11) is 0. The Morgan fingerprint density at radius 3 is 2.49 bits per heavy atom. The standard InChI is InChI=1S/C26H31N7O2.C2H6/c1-19(34)32-9-7-26(17-32)8-10-33(18-26)22-4-2-3-20-15-28-25(30-24(20)22)29-23-6-5-21(16-27-23)31-11-13-35-14-12-31;1-2/h2-6,15-16H,7-14,17-18H2,1H3,(H,27,28,29,30);1-2H3. The third-order valence-electron chi connectivity index (χ3n) is 7.62. The molecule has 1 atom stereocenters. The molecule has 1 aromatic carbocycles. The molecule has 3 aromatic rings. The topological polar surface area (TPSA) is 86.7 Å². The zero-order valence-corrected chi connectivity index (χ0v) is 22.1. The van der Waals surface area contributed by atoms with Crippen LogP contribution >= 0.6 is 0 Å². The summed E-state index contributed by atoms with van der Waals surface area (Å²) in [5, 5.41) is 4.29. The van der Waals surface area contributed by atoms with Gasteiger partial charge in [-0.15, -0.1) is 0 Å². The van der Waals surface area contributed by atoms with Gasteiger partial charge < -0.3 is 24.8 Å². The lowest BCUT2D eigenvalue weighted by Gasteiger charge is -2.28. The lowest BCUT2D eigenvalue weighted by Crippen LogP contribution is -2.36. The number of benzene rings is 1. The molecule has 3 aliphatic heterocycles. The van der Waals surface area contributed by atoms with Gasteiger partial charge >= 0.3 is 0 Å². The van der Waals surface area contributed by atoms with Crippen molar-refractivity contribution in [2.75, 3.05) is 67.6 Å². The summed E-state index contributed by atoms with van der Waals surface area (Å²) < 4.78 is 5.44. The Balaban J connectivity index is 0.00000137. The normalized spacial score (nSPS) is 21.3. The summed E-state index contributed by atoms with van der Waals surface area (Å²) in [6.45, 7) is 12.6. The van der Waals surface area contributed by atoms with Crippen LogP contribution in [0.4, 0.5) is 23.1 Å². The molecule has 0 bridgehead atoms. The van der Waals surface area contributed by atoms with Gasteiger partial charge in [0.2, 0.25) is 11.9 Å². The molecule has 9 nitrogen and oxygen atoms in total. The predicted molar refractivity (Wildman–Crippen MR) is 148 cm³/mol. The summed E-state index contributed by atoms with van der Waals surface area (Å²) in [6.07, 6.45) is 5.93. The average molecular weight is 504 g/mol. The first-order valence-corrected chi connectivity index (χ1v) is 13.4. The maximum absolute atomic E-state index is 11.9. The van der Waals surface area contributed by atoms with Crippen molar-refractivity contribution in [1.82, 2.24) is 19.9 Å². The lowest BCUT2D eigenvalue weighted by molar-refractivity contribution is -0.128. The molecule has 1 unspecified atom stereocenters. The van der Waals surface area contributed by atoms with E-state index in [-0.39, 0.29) is 11.3 Å². The summed E-state index contributed by atoms with van der Waals surface area (Å²) in [5.74, 6) is 1.43. The van der Waals surface area contributed by atoms with E-state index in [0.29, 0.717) is 11.8 Å². The molecule has 0 aliphatic carbocycles. The van der Waals surface area contributed by atoms with Gasteiger partial charge in [-0.05, 0) is 31.0 Å². The van der Waals surface area contributed by atoms with Crippen molar-refractivity contribution < 1.29 is 9.53 Å². The zero-order chi connectivity index (χ0) is 25.8. The minimum atomic E-state index is 0.181. The van der Waals surface area contributed by atoms with Gasteiger partial charge in [0.15, 0.2) is 0 Å². The highest BCUT2D eigenvalue weighted by Gasteiger charge is 2.44. The minimum absolute atomic E-state index is 0.181. The molecule has 3 fully saturated rings. The number of nitrogens with zero attached hydrogens (tertiary/aromatic N) is 6. The van der Waals surface area contributed by atoms with E-state index in [1.807, 2.05) is 37.2 Å². The van der Waals surface area contributed by atoms with E-state index in [4.69, 9.17) is 9.72 Å². The van der Waals surface area contributed by atoms with Crippen LogP contribution in [0, 0.1) is 5.41 Å². The fourth-order valence-electron chi connectivity index (χ4n) is 5.62. The molecular formula is C28H37N7O2. The molecular weight excluding hydrogens is 466 g/mol. The number of nitrogens with one attached hydrogen (secondary N) is 1. The number of carbonyl (C=O) groups excluding carboxylic acids is 1. The molecule has 1 N–H and O–H groups in total. The molecule has 3 saturated heterocycles. The monoisotopic (exact) mass is 503 g/mol. The van der Waals surface area contributed by atoms with E-state index in [0.717, 1.165) is 87.6 Å². The fourth-order valence-corrected chi connectivity index (χ4v) is 5.62. The van der Waals surface area contributed by atoms with Crippen molar-refractivity contribution in [2.45, 2.75) is 33.6 Å². The first-order valence-electron chi connectivity index (χ1n) is 13.4. The molecule has 2 aromatic heterocycles. The zero-order valence-electron chi connectivity index (χ0n) is 22.1. The number of anilines is 4. The Kier molecular flexibility index (Phi) is 7.41. The SMILES string of the molecule is CC.CC(=O)N1CCC2(CCN(c3cccc4cnc(Nc5ccc(N6CCOCC6)cn5)nc34)C2)C1. The number of para-hydroxylation sites is 1. The number of amides is 1. The number of rotatable bonds is 4. The molecule has 5 heterocycles. The number of hydrogen-bond donors (Lipinski definition) is 1. The van der Waals surface area contributed by atoms with E-state index in [9.17, 15) is 4.79 Å². The molecule has 3 aliphatic rings. The van der Waals surface area contributed by atoms with Crippen LogP contribution in [-0.4, -0.2) is 78.2 Å². The van der Waals surface area contributed by atoms with Crippen molar-refractivity contribution in [3.05, 3.63) is 42.7 Å². The van der Waals surface area contributed by atoms with Crippen LogP contribution in [0.25, 0.3) is 10.9 Å². The van der Waals surface area contributed by atoms with E-state index in [1.54, 1.807) is 6.92 Å². The third kappa shape index (κ3) is 5.32. The second kappa shape index (κ2) is 10.9. The number of carbonyl (C=O) groups is 1. The Labute approximate surface area is 218 Å². The molecule has 6 rings (SSSR count). The number of ether oxygens (including phenoxy) is 1. The molecule has 196 valence electrons. The maximum atomic E-state index is 11.9. The van der Waals surface area contributed by atoms with Gasteiger partial charge in [0.25, 0.3) is 0 Å². The van der Waals surface area contributed by atoms with Crippen molar-refractivity contribution in [1.29, 1.82) is 0 Å². The highest BCUT2D eigenvalue weighted by atomic mass is 16.5. The van der Waals surface area contributed by atoms with E-state index < -0.39 is 0 Å². The first-order chi connectivity index (χ1) is 18.1. The van der Waals surface area contributed by atoms with Gasteiger partial charge in [-0.25, -0.2) is 15.0 Å². The Bertz CT molecular complexity index is 1230. The van der Waals surface area contributed by atoms with Gasteiger partial charge in [0, 0.05) is 63.2 Å². The number of fused-ring (bicyclic) bond motifs is 1. The molecule has 0 saturated carbocycles. The summed E-state index contributed by atoms with van der Waals surface area (Å²) in [4.78, 5) is 32.6. The number of hydrogen-bond acceptors (Lipinski definition) is 8. The smallest absolute Gasteiger partial charge is 0.228 e. The largest absolute Gasteiger partial charge is 0.378 e. The van der Waals surface area contributed by atoms with Gasteiger partial charge in [-0.1, -0.05) is 26.0 Å².